The molecule has 1 saturated carbocycles. The van der Waals surface area contributed by atoms with Gasteiger partial charge in [0.1, 0.15) is 0 Å². The molecule has 0 amide bonds. The summed E-state index contributed by atoms with van der Waals surface area (Å²) in [5.74, 6) is 0.894. The van der Waals surface area contributed by atoms with Crippen LogP contribution >= 0.6 is 11.8 Å². The van der Waals surface area contributed by atoms with Gasteiger partial charge in [-0.1, -0.05) is 45.2 Å². The second kappa shape index (κ2) is 6.64. The van der Waals surface area contributed by atoms with Gasteiger partial charge in [-0.25, -0.2) is 0 Å². The van der Waals surface area contributed by atoms with Crippen molar-refractivity contribution in [1.82, 2.24) is 0 Å². The predicted octanol–water partition coefficient (Wildman–Crippen LogP) is 6.45. The molecule has 0 saturated heterocycles. The summed E-state index contributed by atoms with van der Waals surface area (Å²) in [6, 6.07) is 6.81. The molecule has 1 aliphatic rings. The topological polar surface area (TPSA) is 0 Å². The fraction of sp³-hybridized carbons (Fsp3) is 0.647. The lowest BCUT2D eigenvalue weighted by Crippen LogP contribution is -2.22. The molecule has 2 rings (SSSR count). The minimum Gasteiger partial charge on any atom is -0.160 e. The summed E-state index contributed by atoms with van der Waals surface area (Å²) in [6.45, 7) is 4.61. The Morgan fingerprint density at radius 2 is 1.71 bits per heavy atom. The van der Waals surface area contributed by atoms with Gasteiger partial charge in [0.2, 0.25) is 0 Å². The first-order chi connectivity index (χ1) is 9.73. The van der Waals surface area contributed by atoms with Crippen LogP contribution in [0.4, 0.5) is 13.2 Å². The molecule has 4 heteroatoms. The van der Waals surface area contributed by atoms with Crippen LogP contribution in [0.3, 0.4) is 0 Å². The van der Waals surface area contributed by atoms with E-state index in [1.807, 2.05) is 12.1 Å². The van der Waals surface area contributed by atoms with Crippen LogP contribution in [0.5, 0.6) is 0 Å². The van der Waals surface area contributed by atoms with E-state index in [1.165, 1.54) is 25.7 Å². The summed E-state index contributed by atoms with van der Waals surface area (Å²) in [4.78, 5) is 0.264. The van der Waals surface area contributed by atoms with E-state index in [4.69, 9.17) is 0 Å². The Kier molecular flexibility index (Phi) is 5.29. The third kappa shape index (κ3) is 5.93. The van der Waals surface area contributed by atoms with Crippen molar-refractivity contribution in [2.24, 2.45) is 11.3 Å². The van der Waals surface area contributed by atoms with Crippen LogP contribution in [0.25, 0.3) is 0 Å². The summed E-state index contributed by atoms with van der Waals surface area (Å²) in [5, 5.41) is 0. The second-order valence-electron chi connectivity index (χ2n) is 6.86. The van der Waals surface area contributed by atoms with Crippen LogP contribution in [0.1, 0.15) is 51.5 Å². The Labute approximate surface area is 129 Å². The summed E-state index contributed by atoms with van der Waals surface area (Å²) >= 11 is -0.0479. The van der Waals surface area contributed by atoms with Gasteiger partial charge < -0.3 is 0 Å². The fourth-order valence-electron chi connectivity index (χ4n) is 2.92. The zero-order valence-corrected chi connectivity index (χ0v) is 13.5. The highest BCUT2D eigenvalue weighted by Gasteiger charge is 2.29. The van der Waals surface area contributed by atoms with Crippen LogP contribution in [0.15, 0.2) is 29.2 Å². The largest absolute Gasteiger partial charge is 0.446 e. The maximum atomic E-state index is 12.3. The van der Waals surface area contributed by atoms with E-state index >= 15 is 0 Å². The molecular weight excluding hydrogens is 293 g/mol. The smallest absolute Gasteiger partial charge is 0.160 e. The second-order valence-corrected chi connectivity index (χ2v) is 8.00. The number of halogens is 3. The molecule has 21 heavy (non-hydrogen) atoms. The van der Waals surface area contributed by atoms with Crippen molar-refractivity contribution in [1.29, 1.82) is 0 Å². The molecule has 118 valence electrons. The minimum atomic E-state index is -4.20. The lowest BCUT2D eigenvalue weighted by molar-refractivity contribution is -0.0328. The Morgan fingerprint density at radius 1 is 1.10 bits per heavy atom. The molecule has 0 nitrogen and oxygen atoms in total. The number of alkyl halides is 3. The highest BCUT2D eigenvalue weighted by atomic mass is 32.2. The average molecular weight is 316 g/mol. The maximum Gasteiger partial charge on any atom is 0.446 e. The van der Waals surface area contributed by atoms with Gasteiger partial charge in [-0.2, -0.15) is 13.2 Å². The highest BCUT2D eigenvalue weighted by molar-refractivity contribution is 8.00. The molecule has 0 aromatic heterocycles. The molecular formula is C17H23F3S. The lowest BCUT2D eigenvalue weighted by Gasteiger charge is -2.34. The number of thioether (sulfide) groups is 1. The van der Waals surface area contributed by atoms with Gasteiger partial charge in [0.05, 0.1) is 0 Å². The standard InChI is InChI=1S/C17H23F3S/c1-16(2,12-14-4-3-5-14)11-10-13-6-8-15(9-7-13)21-17(18,19)20/h6-9,14H,3-5,10-12H2,1-2H3. The van der Waals surface area contributed by atoms with E-state index in [1.54, 1.807) is 12.1 Å². The van der Waals surface area contributed by atoms with Gasteiger partial charge in [0, 0.05) is 4.90 Å². The number of hydrogen-bond acceptors (Lipinski definition) is 1. The van der Waals surface area contributed by atoms with Gasteiger partial charge in [-0.15, -0.1) is 0 Å². The van der Waals surface area contributed by atoms with Gasteiger partial charge in [-0.3, -0.25) is 0 Å². The van der Waals surface area contributed by atoms with Crippen molar-refractivity contribution in [3.63, 3.8) is 0 Å². The first-order valence-corrected chi connectivity index (χ1v) is 8.40. The van der Waals surface area contributed by atoms with Crippen molar-refractivity contribution in [3.8, 4) is 0 Å². The van der Waals surface area contributed by atoms with Gasteiger partial charge >= 0.3 is 5.51 Å². The molecule has 1 aliphatic carbocycles. The zero-order chi connectivity index (χ0) is 15.5. The molecule has 1 aromatic carbocycles. The van der Waals surface area contributed by atoms with E-state index in [2.05, 4.69) is 13.8 Å². The normalized spacial score (nSPS) is 16.8. The molecule has 1 fully saturated rings. The Morgan fingerprint density at radius 3 is 2.19 bits per heavy atom. The van der Waals surface area contributed by atoms with E-state index in [9.17, 15) is 13.2 Å². The van der Waals surface area contributed by atoms with Crippen LogP contribution in [0.2, 0.25) is 0 Å². The quantitative estimate of drug-likeness (QED) is 0.544. The molecule has 0 heterocycles. The van der Waals surface area contributed by atoms with E-state index < -0.39 is 5.51 Å². The third-order valence-corrected chi connectivity index (χ3v) is 5.05. The molecule has 0 spiro atoms. The Balaban J connectivity index is 1.82. The lowest BCUT2D eigenvalue weighted by atomic mass is 9.71. The molecule has 1 aromatic rings. The monoisotopic (exact) mass is 316 g/mol. The number of hydrogen-bond donors (Lipinski definition) is 0. The summed E-state index contributed by atoms with van der Waals surface area (Å²) < 4.78 is 36.8. The number of benzene rings is 1. The van der Waals surface area contributed by atoms with E-state index in [0.717, 1.165) is 24.3 Å². The molecule has 0 atom stereocenters. The van der Waals surface area contributed by atoms with Gasteiger partial charge in [0.15, 0.2) is 0 Å². The van der Waals surface area contributed by atoms with Crippen LogP contribution < -0.4 is 0 Å². The first-order valence-electron chi connectivity index (χ1n) is 7.58. The van der Waals surface area contributed by atoms with Crippen LogP contribution in [-0.4, -0.2) is 5.51 Å². The van der Waals surface area contributed by atoms with Gasteiger partial charge in [0.25, 0.3) is 0 Å². The van der Waals surface area contributed by atoms with Crippen LogP contribution in [-0.2, 0) is 6.42 Å². The van der Waals surface area contributed by atoms with E-state index in [0.29, 0.717) is 5.41 Å². The molecule has 0 bridgehead atoms. The third-order valence-electron chi connectivity index (χ3n) is 4.31. The van der Waals surface area contributed by atoms with E-state index in [-0.39, 0.29) is 16.7 Å². The van der Waals surface area contributed by atoms with Crippen molar-refractivity contribution in [2.45, 2.75) is 62.8 Å². The molecule has 0 aliphatic heterocycles. The summed E-state index contributed by atoms with van der Waals surface area (Å²) in [6.07, 6.45) is 7.42. The van der Waals surface area contributed by atoms with Crippen molar-refractivity contribution < 1.29 is 13.2 Å². The first kappa shape index (κ1) is 16.7. The van der Waals surface area contributed by atoms with Crippen LogP contribution in [0, 0.1) is 11.3 Å². The SMILES string of the molecule is CC(C)(CCc1ccc(SC(F)(F)F)cc1)CC1CCC1. The maximum absolute atomic E-state index is 12.3. The number of rotatable bonds is 6. The Hall–Kier alpha value is -0.640. The van der Waals surface area contributed by atoms with Crippen molar-refractivity contribution in [2.75, 3.05) is 0 Å². The molecule has 0 N–H and O–H groups in total. The summed E-state index contributed by atoms with van der Waals surface area (Å²) in [5.41, 5.74) is -2.75. The molecule has 0 unspecified atom stereocenters. The van der Waals surface area contributed by atoms with Crippen molar-refractivity contribution in [3.05, 3.63) is 29.8 Å². The zero-order valence-electron chi connectivity index (χ0n) is 12.7. The average Bonchev–Trinajstić information content (AvgIpc) is 2.32. The predicted molar refractivity (Wildman–Crippen MR) is 82.4 cm³/mol. The fourth-order valence-corrected chi connectivity index (χ4v) is 3.46. The van der Waals surface area contributed by atoms with Crippen molar-refractivity contribution >= 4 is 11.8 Å². The Bertz CT molecular complexity index is 444. The van der Waals surface area contributed by atoms with Gasteiger partial charge in [-0.05, 0) is 60.1 Å². The number of aryl methyl sites for hydroxylation is 1. The minimum absolute atomic E-state index is 0.0479. The summed E-state index contributed by atoms with van der Waals surface area (Å²) in [7, 11) is 0. The molecule has 0 radical (unpaired) electrons. The highest BCUT2D eigenvalue weighted by Crippen LogP contribution is 2.40.